The number of piperazine rings is 1. The summed E-state index contributed by atoms with van der Waals surface area (Å²) in [5, 5.41) is 1.46. The van der Waals surface area contributed by atoms with Gasteiger partial charge in [0, 0.05) is 6.42 Å². The van der Waals surface area contributed by atoms with Crippen molar-refractivity contribution in [2.45, 2.75) is 6.42 Å². The van der Waals surface area contributed by atoms with Gasteiger partial charge in [-0.05, 0) is 29.8 Å². The fourth-order valence-electron chi connectivity index (χ4n) is 3.44. The maximum Gasteiger partial charge on any atom is 0.160 e. The summed E-state index contributed by atoms with van der Waals surface area (Å²) in [4.78, 5) is 3.89. The van der Waals surface area contributed by atoms with Gasteiger partial charge in [0.25, 0.3) is 0 Å². The van der Waals surface area contributed by atoms with E-state index in [9.17, 15) is 0 Å². The quantitative estimate of drug-likeness (QED) is 0.813. The maximum absolute atomic E-state index is 6.34. The first-order valence-corrected chi connectivity index (χ1v) is 9.61. The highest BCUT2D eigenvalue weighted by atomic mass is 35.5. The minimum atomic E-state index is 0.728. The Hall–Kier alpha value is -1.62. The summed E-state index contributed by atoms with van der Waals surface area (Å²) in [6.07, 6.45) is 1.02. The zero-order valence-electron chi connectivity index (χ0n) is 15.2. The van der Waals surface area contributed by atoms with Crippen molar-refractivity contribution < 1.29 is 14.4 Å². The summed E-state index contributed by atoms with van der Waals surface area (Å²) in [5.74, 6) is 1.56. The van der Waals surface area contributed by atoms with Crippen LogP contribution in [0.3, 0.4) is 0 Å². The highest BCUT2D eigenvalue weighted by molar-refractivity contribution is 6.39. The van der Waals surface area contributed by atoms with Crippen molar-refractivity contribution in [3.8, 4) is 11.5 Å². The molecule has 3 rings (SSSR count). The Morgan fingerprint density at radius 2 is 1.62 bits per heavy atom. The number of benzene rings is 2. The van der Waals surface area contributed by atoms with E-state index in [2.05, 4.69) is 17.0 Å². The van der Waals surface area contributed by atoms with Crippen molar-refractivity contribution in [1.82, 2.24) is 0 Å². The van der Waals surface area contributed by atoms with Crippen LogP contribution in [0.1, 0.15) is 5.56 Å². The van der Waals surface area contributed by atoms with Crippen LogP contribution in [-0.2, 0) is 6.42 Å². The van der Waals surface area contributed by atoms with E-state index in [1.54, 1.807) is 19.1 Å². The minimum Gasteiger partial charge on any atom is -0.493 e. The van der Waals surface area contributed by atoms with Gasteiger partial charge in [0.05, 0.1) is 62.7 Å². The van der Waals surface area contributed by atoms with Crippen LogP contribution in [0.15, 0.2) is 36.4 Å². The molecule has 1 N–H and O–H groups in total. The van der Waals surface area contributed by atoms with Gasteiger partial charge in [-0.15, -0.1) is 0 Å². The maximum atomic E-state index is 6.34. The predicted molar refractivity (Wildman–Crippen MR) is 107 cm³/mol. The lowest BCUT2D eigenvalue weighted by atomic mass is 10.1. The third-order valence-electron chi connectivity index (χ3n) is 4.94. The number of anilines is 1. The SMILES string of the molecule is COc1ccc(CC[NH+]2CCN(c3c(Cl)cccc3Cl)CC2)cc1OC. The van der Waals surface area contributed by atoms with Crippen LogP contribution >= 0.6 is 23.2 Å². The van der Waals surface area contributed by atoms with Gasteiger partial charge in [0.15, 0.2) is 11.5 Å². The van der Waals surface area contributed by atoms with E-state index in [0.717, 1.165) is 66.4 Å². The molecule has 140 valence electrons. The molecule has 1 saturated heterocycles. The Morgan fingerprint density at radius 1 is 0.962 bits per heavy atom. The average Bonchev–Trinajstić information content (AvgIpc) is 2.67. The van der Waals surface area contributed by atoms with E-state index in [4.69, 9.17) is 32.7 Å². The summed E-state index contributed by atoms with van der Waals surface area (Å²) in [7, 11) is 3.33. The van der Waals surface area contributed by atoms with Gasteiger partial charge >= 0.3 is 0 Å². The fraction of sp³-hybridized carbons (Fsp3) is 0.400. The molecule has 0 saturated carbocycles. The van der Waals surface area contributed by atoms with Crippen LogP contribution in [-0.4, -0.2) is 46.9 Å². The van der Waals surface area contributed by atoms with Gasteiger partial charge in [-0.2, -0.15) is 0 Å². The van der Waals surface area contributed by atoms with Crippen LogP contribution in [0.25, 0.3) is 0 Å². The van der Waals surface area contributed by atoms with Crippen molar-refractivity contribution in [1.29, 1.82) is 0 Å². The van der Waals surface area contributed by atoms with E-state index >= 15 is 0 Å². The molecule has 0 aliphatic carbocycles. The predicted octanol–water partition coefficient (Wildman–Crippen LogP) is 2.96. The third kappa shape index (κ3) is 4.37. The van der Waals surface area contributed by atoms with Gasteiger partial charge in [0.1, 0.15) is 0 Å². The number of ether oxygens (including phenoxy) is 2. The minimum absolute atomic E-state index is 0.728. The van der Waals surface area contributed by atoms with Crippen LogP contribution in [0.2, 0.25) is 10.0 Å². The molecule has 2 aromatic rings. The highest BCUT2D eigenvalue weighted by Gasteiger charge is 2.23. The first-order valence-electron chi connectivity index (χ1n) is 8.86. The number of halogens is 2. The molecule has 2 aromatic carbocycles. The molecule has 26 heavy (non-hydrogen) atoms. The largest absolute Gasteiger partial charge is 0.493 e. The lowest BCUT2D eigenvalue weighted by Crippen LogP contribution is -3.15. The zero-order valence-corrected chi connectivity index (χ0v) is 16.7. The Labute approximate surface area is 165 Å². The first kappa shape index (κ1) is 19.2. The number of rotatable bonds is 6. The molecule has 0 unspecified atom stereocenters. The molecular formula is C20H25Cl2N2O2+. The van der Waals surface area contributed by atoms with E-state index in [-0.39, 0.29) is 0 Å². The van der Waals surface area contributed by atoms with Crippen LogP contribution in [0, 0.1) is 0 Å². The monoisotopic (exact) mass is 395 g/mol. The Bertz CT molecular complexity index is 726. The first-order chi connectivity index (χ1) is 12.6. The molecule has 4 nitrogen and oxygen atoms in total. The number of hydrogen-bond acceptors (Lipinski definition) is 3. The summed E-state index contributed by atoms with van der Waals surface area (Å²) in [6.45, 7) is 5.18. The van der Waals surface area contributed by atoms with Crippen LogP contribution in [0.5, 0.6) is 11.5 Å². The Kier molecular flexibility index (Phi) is 6.52. The normalized spacial score (nSPS) is 15.2. The topological polar surface area (TPSA) is 26.1 Å². The molecule has 0 amide bonds. The molecule has 1 fully saturated rings. The molecule has 0 radical (unpaired) electrons. The average molecular weight is 396 g/mol. The third-order valence-corrected chi connectivity index (χ3v) is 5.55. The summed E-state index contributed by atoms with van der Waals surface area (Å²) < 4.78 is 10.7. The van der Waals surface area contributed by atoms with Crippen molar-refractivity contribution in [2.24, 2.45) is 0 Å². The summed E-state index contributed by atoms with van der Waals surface area (Å²) >= 11 is 12.7. The molecule has 0 bridgehead atoms. The highest BCUT2D eigenvalue weighted by Crippen LogP contribution is 2.33. The smallest absolute Gasteiger partial charge is 0.160 e. The van der Waals surface area contributed by atoms with E-state index < -0.39 is 0 Å². The lowest BCUT2D eigenvalue weighted by Gasteiger charge is -2.34. The number of nitrogens with one attached hydrogen (secondary N) is 1. The number of para-hydroxylation sites is 1. The van der Waals surface area contributed by atoms with Crippen molar-refractivity contribution in [3.05, 3.63) is 52.0 Å². The molecular weight excluding hydrogens is 371 g/mol. The molecule has 0 atom stereocenters. The van der Waals surface area contributed by atoms with Gasteiger partial charge < -0.3 is 19.3 Å². The van der Waals surface area contributed by atoms with Gasteiger partial charge in [-0.25, -0.2) is 0 Å². The number of nitrogens with zero attached hydrogens (tertiary/aromatic N) is 1. The van der Waals surface area contributed by atoms with Crippen LogP contribution in [0.4, 0.5) is 5.69 Å². The number of quaternary nitrogens is 1. The lowest BCUT2D eigenvalue weighted by molar-refractivity contribution is -0.900. The standard InChI is InChI=1S/C20H24Cl2N2O2/c1-25-18-7-6-15(14-19(18)26-2)8-9-23-10-12-24(13-11-23)20-16(21)4-3-5-17(20)22/h3-7,14H,8-13H2,1-2H3/p+1. The second-order valence-electron chi connectivity index (χ2n) is 6.50. The molecule has 0 aromatic heterocycles. The van der Waals surface area contributed by atoms with Gasteiger partial charge in [-0.3, -0.25) is 0 Å². The van der Waals surface area contributed by atoms with Gasteiger partial charge in [0.2, 0.25) is 0 Å². The fourth-order valence-corrected chi connectivity index (χ4v) is 4.08. The van der Waals surface area contributed by atoms with Crippen molar-refractivity contribution in [3.63, 3.8) is 0 Å². The van der Waals surface area contributed by atoms with E-state index in [0.29, 0.717) is 0 Å². The number of methoxy groups -OCH3 is 2. The molecule has 0 spiro atoms. The second kappa shape index (κ2) is 8.85. The second-order valence-corrected chi connectivity index (χ2v) is 7.31. The summed E-state index contributed by atoms with van der Waals surface area (Å²) in [6, 6.07) is 11.8. The Morgan fingerprint density at radius 3 is 2.23 bits per heavy atom. The summed E-state index contributed by atoms with van der Waals surface area (Å²) in [5.41, 5.74) is 2.24. The van der Waals surface area contributed by atoms with Crippen molar-refractivity contribution in [2.75, 3.05) is 51.8 Å². The molecule has 1 heterocycles. The molecule has 1 aliphatic heterocycles. The van der Waals surface area contributed by atoms with Crippen LogP contribution < -0.4 is 19.3 Å². The number of hydrogen-bond donors (Lipinski definition) is 1. The molecule has 1 aliphatic rings. The Balaban J connectivity index is 1.55. The zero-order chi connectivity index (χ0) is 18.5. The van der Waals surface area contributed by atoms with E-state index in [1.165, 1.54) is 5.56 Å². The van der Waals surface area contributed by atoms with E-state index in [1.807, 2.05) is 24.3 Å². The van der Waals surface area contributed by atoms with Gasteiger partial charge in [-0.1, -0.05) is 35.3 Å². The molecule has 6 heteroatoms. The van der Waals surface area contributed by atoms with Crippen molar-refractivity contribution >= 4 is 28.9 Å².